The summed E-state index contributed by atoms with van der Waals surface area (Å²) >= 11 is 0. The molecule has 0 bridgehead atoms. The zero-order valence-electron chi connectivity index (χ0n) is 13.3. The number of carbonyl (C=O) groups excluding carboxylic acids is 1. The Morgan fingerprint density at radius 1 is 1.42 bits per heavy atom. The van der Waals surface area contributed by atoms with Gasteiger partial charge in [-0.2, -0.15) is 5.10 Å². The van der Waals surface area contributed by atoms with Crippen LogP contribution in [0, 0.1) is 5.82 Å². The lowest BCUT2D eigenvalue weighted by Gasteiger charge is -2.11. The lowest BCUT2D eigenvalue weighted by molar-refractivity contribution is -0.139. The number of halogens is 1. The molecule has 1 aromatic carbocycles. The molecule has 0 aliphatic heterocycles. The molecule has 7 heteroatoms. The largest absolute Gasteiger partial charge is 0.480 e. The van der Waals surface area contributed by atoms with Crippen LogP contribution in [0.25, 0.3) is 5.69 Å². The molecule has 0 radical (unpaired) electrons. The van der Waals surface area contributed by atoms with Crippen molar-refractivity contribution in [1.29, 1.82) is 0 Å². The van der Waals surface area contributed by atoms with Crippen LogP contribution >= 0.6 is 0 Å². The summed E-state index contributed by atoms with van der Waals surface area (Å²) < 4.78 is 15.1. The highest BCUT2D eigenvalue weighted by molar-refractivity contribution is 5.96. The molecule has 6 nitrogen and oxygen atoms in total. The van der Waals surface area contributed by atoms with Crippen LogP contribution in [0.1, 0.15) is 41.5 Å². The summed E-state index contributed by atoms with van der Waals surface area (Å²) in [6.07, 6.45) is 2.63. The average Bonchev–Trinajstić information content (AvgIpc) is 3.14. The Balaban J connectivity index is 1.97. The summed E-state index contributed by atoms with van der Waals surface area (Å²) in [7, 11) is 0. The number of carboxylic acids is 1. The standard InChI is InChI=1S/C17H18FN3O3/c1-2-13(17(23)24)19-16(22)15-12-7-4-8-14(12)21(20-15)11-6-3-5-10(18)9-11/h3,5-6,9,13H,2,4,7-8H2,1H3,(H,19,22)(H,23,24). The van der Waals surface area contributed by atoms with Crippen LogP contribution in [0.15, 0.2) is 24.3 Å². The maximum Gasteiger partial charge on any atom is 0.326 e. The third-order valence-electron chi connectivity index (χ3n) is 4.21. The maximum atomic E-state index is 13.5. The molecule has 1 amide bonds. The van der Waals surface area contributed by atoms with Crippen molar-refractivity contribution in [3.05, 3.63) is 47.0 Å². The Hall–Kier alpha value is -2.70. The Kier molecular flexibility index (Phi) is 4.33. The zero-order chi connectivity index (χ0) is 17.3. The first-order valence-electron chi connectivity index (χ1n) is 7.91. The van der Waals surface area contributed by atoms with E-state index >= 15 is 0 Å². The van der Waals surface area contributed by atoms with E-state index in [2.05, 4.69) is 10.4 Å². The first kappa shape index (κ1) is 16.2. The molecule has 3 rings (SSSR count). The lowest BCUT2D eigenvalue weighted by Crippen LogP contribution is -2.40. The second kappa shape index (κ2) is 6.43. The van der Waals surface area contributed by atoms with E-state index in [0.717, 1.165) is 24.1 Å². The van der Waals surface area contributed by atoms with Gasteiger partial charge in [-0.1, -0.05) is 13.0 Å². The normalized spacial score (nSPS) is 14.2. The highest BCUT2D eigenvalue weighted by Gasteiger charge is 2.29. The molecule has 2 aromatic rings. The Labute approximate surface area is 138 Å². The van der Waals surface area contributed by atoms with Gasteiger partial charge < -0.3 is 10.4 Å². The molecule has 1 aliphatic carbocycles. The quantitative estimate of drug-likeness (QED) is 0.879. The van der Waals surface area contributed by atoms with E-state index in [9.17, 15) is 14.0 Å². The number of nitrogens with one attached hydrogen (secondary N) is 1. The third-order valence-corrected chi connectivity index (χ3v) is 4.21. The molecule has 1 unspecified atom stereocenters. The molecule has 1 aromatic heterocycles. The van der Waals surface area contributed by atoms with E-state index in [0.29, 0.717) is 12.1 Å². The van der Waals surface area contributed by atoms with Crippen molar-refractivity contribution >= 4 is 11.9 Å². The Morgan fingerprint density at radius 3 is 2.88 bits per heavy atom. The molecule has 24 heavy (non-hydrogen) atoms. The minimum Gasteiger partial charge on any atom is -0.480 e. The summed E-state index contributed by atoms with van der Waals surface area (Å²) in [6.45, 7) is 1.69. The van der Waals surface area contributed by atoms with Crippen molar-refractivity contribution in [1.82, 2.24) is 15.1 Å². The predicted molar refractivity (Wildman–Crippen MR) is 84.7 cm³/mol. The summed E-state index contributed by atoms with van der Waals surface area (Å²) in [6, 6.07) is 5.07. The van der Waals surface area contributed by atoms with Gasteiger partial charge in [-0.15, -0.1) is 0 Å². The highest BCUT2D eigenvalue weighted by atomic mass is 19.1. The molecule has 2 N–H and O–H groups in total. The number of nitrogens with zero attached hydrogens (tertiary/aromatic N) is 2. The topological polar surface area (TPSA) is 84.2 Å². The van der Waals surface area contributed by atoms with Gasteiger partial charge in [0.05, 0.1) is 5.69 Å². The second-order valence-corrected chi connectivity index (χ2v) is 5.79. The van der Waals surface area contributed by atoms with Crippen molar-refractivity contribution in [2.24, 2.45) is 0 Å². The van der Waals surface area contributed by atoms with E-state index in [4.69, 9.17) is 5.11 Å². The molecular weight excluding hydrogens is 313 g/mol. The Morgan fingerprint density at radius 2 is 2.21 bits per heavy atom. The van der Waals surface area contributed by atoms with Crippen molar-refractivity contribution in [2.45, 2.75) is 38.6 Å². The fourth-order valence-corrected chi connectivity index (χ4v) is 3.01. The number of carbonyl (C=O) groups is 2. The molecule has 1 heterocycles. The summed E-state index contributed by atoms with van der Waals surface area (Å²) in [5, 5.41) is 15.9. The SMILES string of the molecule is CCC(NC(=O)c1nn(-c2cccc(F)c2)c2c1CCC2)C(=O)O. The van der Waals surface area contributed by atoms with Gasteiger partial charge in [0.15, 0.2) is 5.69 Å². The van der Waals surface area contributed by atoms with Crippen LogP contribution in [0.5, 0.6) is 0 Å². The minimum atomic E-state index is -1.08. The third kappa shape index (κ3) is 2.89. The van der Waals surface area contributed by atoms with Gasteiger partial charge in [0.25, 0.3) is 5.91 Å². The average molecular weight is 331 g/mol. The van der Waals surface area contributed by atoms with Crippen LogP contribution in [-0.2, 0) is 17.6 Å². The van der Waals surface area contributed by atoms with Crippen LogP contribution in [0.3, 0.4) is 0 Å². The second-order valence-electron chi connectivity index (χ2n) is 5.79. The molecule has 0 saturated carbocycles. The van der Waals surface area contributed by atoms with Gasteiger partial charge in [0.1, 0.15) is 11.9 Å². The van der Waals surface area contributed by atoms with E-state index < -0.39 is 17.9 Å². The van der Waals surface area contributed by atoms with Crippen LogP contribution in [-0.4, -0.2) is 32.8 Å². The monoisotopic (exact) mass is 331 g/mol. The number of hydrogen-bond donors (Lipinski definition) is 2. The molecule has 0 saturated heterocycles. The number of rotatable bonds is 5. The van der Waals surface area contributed by atoms with E-state index in [1.165, 1.54) is 12.1 Å². The van der Waals surface area contributed by atoms with E-state index in [-0.39, 0.29) is 17.9 Å². The number of aliphatic carboxylic acids is 1. The van der Waals surface area contributed by atoms with Crippen molar-refractivity contribution in [3.63, 3.8) is 0 Å². The molecule has 0 spiro atoms. The van der Waals surface area contributed by atoms with Gasteiger partial charge in [-0.25, -0.2) is 13.9 Å². The number of benzene rings is 1. The highest BCUT2D eigenvalue weighted by Crippen LogP contribution is 2.28. The molecular formula is C17H18FN3O3. The minimum absolute atomic E-state index is 0.228. The van der Waals surface area contributed by atoms with Crippen LogP contribution in [0.2, 0.25) is 0 Å². The van der Waals surface area contributed by atoms with Crippen molar-refractivity contribution < 1.29 is 19.1 Å². The van der Waals surface area contributed by atoms with E-state index in [1.807, 2.05) is 0 Å². The van der Waals surface area contributed by atoms with Gasteiger partial charge in [0, 0.05) is 11.3 Å². The fraction of sp³-hybridized carbons (Fsp3) is 0.353. The first-order valence-corrected chi connectivity index (χ1v) is 7.91. The van der Waals surface area contributed by atoms with Crippen LogP contribution in [0.4, 0.5) is 4.39 Å². The predicted octanol–water partition coefficient (Wildman–Crippen LogP) is 2.09. The summed E-state index contributed by atoms with van der Waals surface area (Å²) in [5.41, 5.74) is 2.48. The van der Waals surface area contributed by atoms with Crippen LogP contribution < -0.4 is 5.32 Å². The van der Waals surface area contributed by atoms with Crippen molar-refractivity contribution in [2.75, 3.05) is 0 Å². The van der Waals surface area contributed by atoms with Crippen molar-refractivity contribution in [3.8, 4) is 5.69 Å². The molecule has 1 atom stereocenters. The molecule has 0 fully saturated rings. The molecule has 1 aliphatic rings. The number of amides is 1. The maximum absolute atomic E-state index is 13.5. The number of aromatic nitrogens is 2. The number of fused-ring (bicyclic) bond motifs is 1. The zero-order valence-corrected chi connectivity index (χ0v) is 13.3. The van der Waals surface area contributed by atoms with Gasteiger partial charge in [-0.3, -0.25) is 4.79 Å². The fourth-order valence-electron chi connectivity index (χ4n) is 3.01. The number of hydrogen-bond acceptors (Lipinski definition) is 3. The first-order chi connectivity index (χ1) is 11.5. The van der Waals surface area contributed by atoms with E-state index in [1.54, 1.807) is 23.7 Å². The van der Waals surface area contributed by atoms with Gasteiger partial charge >= 0.3 is 5.97 Å². The smallest absolute Gasteiger partial charge is 0.326 e. The summed E-state index contributed by atoms with van der Waals surface area (Å²) in [5.74, 6) is -1.96. The summed E-state index contributed by atoms with van der Waals surface area (Å²) in [4.78, 5) is 23.6. The lowest BCUT2D eigenvalue weighted by atomic mass is 10.1. The Bertz CT molecular complexity index is 800. The van der Waals surface area contributed by atoms with Gasteiger partial charge in [-0.05, 0) is 43.9 Å². The van der Waals surface area contributed by atoms with Gasteiger partial charge in [0.2, 0.25) is 0 Å². The molecule has 126 valence electrons. The number of carboxylic acid groups (broad SMARTS) is 1.